The molecule has 0 spiro atoms. The Balaban J connectivity index is 3.00. The number of carbonyl (C=O) groups is 1. The van der Waals surface area contributed by atoms with E-state index in [1.165, 1.54) is 11.5 Å². The molecule has 0 saturated heterocycles. The van der Waals surface area contributed by atoms with E-state index in [-0.39, 0.29) is 11.2 Å². The van der Waals surface area contributed by atoms with Gasteiger partial charge < -0.3 is 0 Å². The molecule has 0 unspecified atom stereocenters. The van der Waals surface area contributed by atoms with Crippen molar-refractivity contribution < 1.29 is 4.79 Å². The third-order valence-electron chi connectivity index (χ3n) is 1.61. The van der Waals surface area contributed by atoms with Crippen molar-refractivity contribution in [2.24, 2.45) is 0 Å². The zero-order chi connectivity index (χ0) is 9.35. The normalized spacial score (nSPS) is 11.7. The van der Waals surface area contributed by atoms with E-state index in [2.05, 4.69) is 25.1 Å². The maximum absolute atomic E-state index is 10.9. The minimum absolute atomic E-state index is 0.0433. The Labute approximate surface area is 76.8 Å². The molecule has 12 heavy (non-hydrogen) atoms. The molecule has 0 radical (unpaired) electrons. The number of aromatic nitrogens is 1. The van der Waals surface area contributed by atoms with Gasteiger partial charge in [-0.15, -0.1) is 0 Å². The Hall–Kier alpha value is -0.700. The second-order valence-electron chi connectivity index (χ2n) is 3.88. The quantitative estimate of drug-likeness (QED) is 0.626. The Bertz CT molecular complexity index is 296. The first kappa shape index (κ1) is 9.39. The summed E-state index contributed by atoms with van der Waals surface area (Å²) >= 11 is 1.41. The van der Waals surface area contributed by atoms with E-state index in [1.807, 2.05) is 6.07 Å². The molecule has 0 amide bonds. The summed E-state index contributed by atoms with van der Waals surface area (Å²) in [5, 5.41) is 0. The van der Waals surface area contributed by atoms with E-state index < -0.39 is 0 Å². The van der Waals surface area contributed by atoms with Gasteiger partial charge in [-0.2, -0.15) is 4.37 Å². The van der Waals surface area contributed by atoms with Gasteiger partial charge in [0, 0.05) is 11.8 Å². The fourth-order valence-electron chi connectivity index (χ4n) is 0.795. The molecule has 2 nitrogen and oxygen atoms in total. The van der Waals surface area contributed by atoms with Gasteiger partial charge in [0.25, 0.3) is 0 Å². The van der Waals surface area contributed by atoms with Crippen LogP contribution >= 0.6 is 11.5 Å². The topological polar surface area (TPSA) is 30.0 Å². The summed E-state index contributed by atoms with van der Waals surface area (Å²) in [5.41, 5.74) is 0.690. The predicted molar refractivity (Wildman–Crippen MR) is 50.8 cm³/mol. The van der Waals surface area contributed by atoms with Crippen LogP contribution in [0.15, 0.2) is 6.07 Å². The highest BCUT2D eigenvalue weighted by atomic mass is 32.1. The first-order valence-electron chi connectivity index (χ1n) is 3.89. The summed E-state index contributed by atoms with van der Waals surface area (Å²) < 4.78 is 4.07. The average Bonchev–Trinajstić information content (AvgIpc) is 2.30. The van der Waals surface area contributed by atoms with Crippen LogP contribution in [0.5, 0.6) is 0 Å². The molecule has 0 fully saturated rings. The molecule has 1 rings (SSSR count). The van der Waals surface area contributed by atoms with Crippen molar-refractivity contribution in [3.05, 3.63) is 16.6 Å². The molecule has 0 atom stereocenters. The molecule has 66 valence electrons. The van der Waals surface area contributed by atoms with Crippen LogP contribution in [-0.2, 0) is 5.41 Å². The number of rotatable bonds is 1. The van der Waals surface area contributed by atoms with E-state index in [1.54, 1.807) is 6.92 Å². The molecule has 1 aromatic rings. The van der Waals surface area contributed by atoms with Gasteiger partial charge in [0.15, 0.2) is 5.78 Å². The van der Waals surface area contributed by atoms with Crippen LogP contribution in [0.2, 0.25) is 0 Å². The lowest BCUT2D eigenvalue weighted by Gasteiger charge is -2.13. The Morgan fingerprint density at radius 3 is 2.33 bits per heavy atom. The zero-order valence-corrected chi connectivity index (χ0v) is 8.66. The van der Waals surface area contributed by atoms with Crippen molar-refractivity contribution in [3.63, 3.8) is 0 Å². The number of Topliss-reactive ketones (excluding diaryl/α,β-unsaturated/α-hetero) is 1. The monoisotopic (exact) mass is 183 g/mol. The van der Waals surface area contributed by atoms with Gasteiger partial charge in [0.1, 0.15) is 5.69 Å². The van der Waals surface area contributed by atoms with Crippen molar-refractivity contribution >= 4 is 17.3 Å². The van der Waals surface area contributed by atoms with Gasteiger partial charge in [0.05, 0.1) is 0 Å². The summed E-state index contributed by atoms with van der Waals surface area (Å²) in [6.45, 7) is 7.89. The van der Waals surface area contributed by atoms with Crippen LogP contribution in [0.3, 0.4) is 0 Å². The van der Waals surface area contributed by atoms with E-state index >= 15 is 0 Å². The predicted octanol–water partition coefficient (Wildman–Crippen LogP) is 2.64. The van der Waals surface area contributed by atoms with Crippen LogP contribution in [0.1, 0.15) is 43.1 Å². The van der Waals surface area contributed by atoms with Crippen molar-refractivity contribution in [1.82, 2.24) is 4.37 Å². The Kier molecular flexibility index (Phi) is 2.33. The van der Waals surface area contributed by atoms with Crippen molar-refractivity contribution in [2.45, 2.75) is 33.1 Å². The second kappa shape index (κ2) is 2.98. The summed E-state index contributed by atoms with van der Waals surface area (Å²) in [7, 11) is 0. The van der Waals surface area contributed by atoms with Crippen LogP contribution in [0.4, 0.5) is 0 Å². The molecule has 0 aliphatic rings. The molecular weight excluding hydrogens is 170 g/mol. The molecule has 3 heteroatoms. The number of ketones is 1. The maximum atomic E-state index is 10.9. The number of hydrogen-bond donors (Lipinski definition) is 0. The molecule has 0 saturated carbocycles. The summed E-state index contributed by atoms with van der Waals surface area (Å²) in [6, 6.07) is 1.88. The Morgan fingerprint density at radius 2 is 2.08 bits per heavy atom. The molecule has 0 aliphatic carbocycles. The minimum atomic E-state index is 0.0433. The van der Waals surface area contributed by atoms with Gasteiger partial charge in [-0.1, -0.05) is 20.8 Å². The first-order chi connectivity index (χ1) is 5.41. The molecule has 1 aromatic heterocycles. The van der Waals surface area contributed by atoms with Crippen LogP contribution in [0.25, 0.3) is 0 Å². The molecule has 0 bridgehead atoms. The highest BCUT2D eigenvalue weighted by molar-refractivity contribution is 7.06. The van der Waals surface area contributed by atoms with Crippen molar-refractivity contribution in [2.75, 3.05) is 0 Å². The third-order valence-corrected chi connectivity index (χ3v) is 2.82. The largest absolute Gasteiger partial charge is 0.293 e. The van der Waals surface area contributed by atoms with E-state index in [0.717, 1.165) is 4.88 Å². The van der Waals surface area contributed by atoms with Gasteiger partial charge in [0.2, 0.25) is 0 Å². The van der Waals surface area contributed by atoms with Crippen LogP contribution in [0, 0.1) is 0 Å². The third kappa shape index (κ3) is 1.91. The van der Waals surface area contributed by atoms with Gasteiger partial charge in [-0.05, 0) is 23.0 Å². The highest BCUT2D eigenvalue weighted by Gasteiger charge is 2.18. The fourth-order valence-corrected chi connectivity index (χ4v) is 1.61. The second-order valence-corrected chi connectivity index (χ2v) is 4.69. The van der Waals surface area contributed by atoms with E-state index in [4.69, 9.17) is 0 Å². The molecule has 1 heterocycles. The van der Waals surface area contributed by atoms with Gasteiger partial charge in [-0.25, -0.2) is 0 Å². The molecule has 0 N–H and O–H groups in total. The highest BCUT2D eigenvalue weighted by Crippen LogP contribution is 2.26. The zero-order valence-electron chi connectivity index (χ0n) is 7.84. The fraction of sp³-hybridized carbons (Fsp3) is 0.556. The smallest absolute Gasteiger partial charge is 0.179 e. The SMILES string of the molecule is CC(=O)c1cc(C(C)(C)C)sn1. The van der Waals surface area contributed by atoms with E-state index in [0.29, 0.717) is 5.69 Å². The lowest BCUT2D eigenvalue weighted by molar-refractivity contribution is 0.101. The van der Waals surface area contributed by atoms with Crippen LogP contribution < -0.4 is 0 Å². The lowest BCUT2D eigenvalue weighted by Crippen LogP contribution is -2.08. The summed E-state index contributed by atoms with van der Waals surface area (Å²) in [6.07, 6.45) is 0. The van der Waals surface area contributed by atoms with Gasteiger partial charge in [-0.3, -0.25) is 4.79 Å². The van der Waals surface area contributed by atoms with Crippen molar-refractivity contribution in [1.29, 1.82) is 0 Å². The minimum Gasteiger partial charge on any atom is -0.293 e. The standard InChI is InChI=1S/C9H13NOS/c1-6(11)7-5-8(12-10-7)9(2,3)4/h5H,1-4H3. The lowest BCUT2D eigenvalue weighted by atomic mass is 9.94. The molecule has 0 aliphatic heterocycles. The maximum Gasteiger partial charge on any atom is 0.179 e. The van der Waals surface area contributed by atoms with Crippen molar-refractivity contribution in [3.8, 4) is 0 Å². The number of carbonyl (C=O) groups excluding carboxylic acids is 1. The number of nitrogens with zero attached hydrogens (tertiary/aromatic N) is 1. The van der Waals surface area contributed by atoms with Crippen LogP contribution in [-0.4, -0.2) is 10.2 Å². The van der Waals surface area contributed by atoms with E-state index in [9.17, 15) is 4.79 Å². The molecule has 0 aromatic carbocycles. The Morgan fingerprint density at radius 1 is 1.50 bits per heavy atom. The van der Waals surface area contributed by atoms with Gasteiger partial charge >= 0.3 is 0 Å². The first-order valence-corrected chi connectivity index (χ1v) is 4.67. The average molecular weight is 183 g/mol. The summed E-state index contributed by atoms with van der Waals surface area (Å²) in [4.78, 5) is 12.1. The number of hydrogen-bond acceptors (Lipinski definition) is 3. The summed E-state index contributed by atoms with van der Waals surface area (Å²) in [5.74, 6) is 0.0433. The molecular formula is C9H13NOS.